The second-order valence-corrected chi connectivity index (χ2v) is 2.80. The van der Waals surface area contributed by atoms with Gasteiger partial charge in [0.25, 0.3) is 0 Å². The number of nitrogens with one attached hydrogen (secondary N) is 1. The van der Waals surface area contributed by atoms with Crippen LogP contribution in [0.3, 0.4) is 0 Å². The molecular weight excluding hydrogens is 190 g/mol. The maximum atomic E-state index is 8.57. The molecule has 0 spiro atoms. The maximum absolute atomic E-state index is 8.57. The zero-order valence-electron chi connectivity index (χ0n) is 7.75. The van der Waals surface area contributed by atoms with Gasteiger partial charge in [-0.3, -0.25) is 0 Å². The largest absolute Gasteiger partial charge is 0.352 e. The molecule has 2 aromatic rings. The van der Waals surface area contributed by atoms with Crippen LogP contribution in [0.25, 0.3) is 0 Å². The standard InChI is InChI=1S/C10H7N5/c11-3-8-1-2-9(6-14-8)15-10-4-12-7-13-5-10/h1-2,4-7,15H. The number of anilines is 2. The highest BCUT2D eigenvalue weighted by molar-refractivity contribution is 5.56. The molecule has 0 saturated carbocycles. The molecule has 0 unspecified atom stereocenters. The molecule has 0 bridgehead atoms. The lowest BCUT2D eigenvalue weighted by Crippen LogP contribution is -1.93. The van der Waals surface area contributed by atoms with Crippen LogP contribution < -0.4 is 5.32 Å². The molecule has 0 aliphatic carbocycles. The van der Waals surface area contributed by atoms with Crippen molar-refractivity contribution in [1.29, 1.82) is 5.26 Å². The van der Waals surface area contributed by atoms with Crippen LogP contribution in [0.2, 0.25) is 0 Å². The van der Waals surface area contributed by atoms with Crippen LogP contribution in [0, 0.1) is 11.3 Å². The predicted octanol–water partition coefficient (Wildman–Crippen LogP) is 1.49. The molecular formula is C10H7N5. The molecule has 0 aliphatic heterocycles. The Morgan fingerprint density at radius 2 is 1.87 bits per heavy atom. The number of hydrogen-bond acceptors (Lipinski definition) is 5. The Labute approximate surface area is 86.5 Å². The summed E-state index contributed by atoms with van der Waals surface area (Å²) in [6, 6.07) is 5.38. The van der Waals surface area contributed by atoms with Gasteiger partial charge in [0.1, 0.15) is 18.1 Å². The first kappa shape index (κ1) is 9.09. The molecule has 5 heteroatoms. The summed E-state index contributed by atoms with van der Waals surface area (Å²) in [5.41, 5.74) is 1.97. The van der Waals surface area contributed by atoms with Crippen molar-refractivity contribution in [2.24, 2.45) is 0 Å². The summed E-state index contributed by atoms with van der Waals surface area (Å²) in [4.78, 5) is 11.7. The van der Waals surface area contributed by atoms with E-state index >= 15 is 0 Å². The van der Waals surface area contributed by atoms with Crippen LogP contribution in [-0.4, -0.2) is 15.0 Å². The molecule has 0 fully saturated rings. The molecule has 72 valence electrons. The first-order valence-corrected chi connectivity index (χ1v) is 4.26. The third-order valence-electron chi connectivity index (χ3n) is 1.73. The minimum atomic E-state index is 0.393. The fourth-order valence-corrected chi connectivity index (χ4v) is 1.06. The molecule has 0 amide bonds. The minimum absolute atomic E-state index is 0.393. The Bertz CT molecular complexity index is 471. The first-order valence-electron chi connectivity index (χ1n) is 4.26. The highest BCUT2D eigenvalue weighted by Crippen LogP contribution is 2.12. The molecule has 0 saturated heterocycles. The van der Waals surface area contributed by atoms with Crippen LogP contribution in [0.15, 0.2) is 37.1 Å². The van der Waals surface area contributed by atoms with E-state index < -0.39 is 0 Å². The molecule has 2 rings (SSSR count). The number of hydrogen-bond donors (Lipinski definition) is 1. The van der Waals surface area contributed by atoms with Gasteiger partial charge in [0, 0.05) is 0 Å². The average molecular weight is 197 g/mol. The van der Waals surface area contributed by atoms with Gasteiger partial charge in [-0.2, -0.15) is 5.26 Å². The summed E-state index contributed by atoms with van der Waals surface area (Å²) in [6.45, 7) is 0. The zero-order valence-corrected chi connectivity index (χ0v) is 7.75. The second-order valence-electron chi connectivity index (χ2n) is 2.80. The van der Waals surface area contributed by atoms with E-state index in [0.717, 1.165) is 11.4 Å². The number of nitriles is 1. The van der Waals surface area contributed by atoms with Gasteiger partial charge in [0.05, 0.1) is 30.0 Å². The van der Waals surface area contributed by atoms with Gasteiger partial charge in [-0.05, 0) is 12.1 Å². The van der Waals surface area contributed by atoms with Gasteiger partial charge in [0.2, 0.25) is 0 Å². The molecule has 2 heterocycles. The SMILES string of the molecule is N#Cc1ccc(Nc2cncnc2)cn1. The van der Waals surface area contributed by atoms with E-state index in [9.17, 15) is 0 Å². The van der Waals surface area contributed by atoms with Crippen molar-refractivity contribution in [1.82, 2.24) is 15.0 Å². The van der Waals surface area contributed by atoms with Crippen molar-refractivity contribution < 1.29 is 0 Å². The molecule has 1 N–H and O–H groups in total. The molecule has 15 heavy (non-hydrogen) atoms. The van der Waals surface area contributed by atoms with E-state index in [2.05, 4.69) is 20.3 Å². The summed E-state index contributed by atoms with van der Waals surface area (Å²) < 4.78 is 0. The van der Waals surface area contributed by atoms with Gasteiger partial charge in [0.15, 0.2) is 0 Å². The summed E-state index contributed by atoms with van der Waals surface area (Å²) in [5, 5.41) is 11.6. The lowest BCUT2D eigenvalue weighted by molar-refractivity contribution is 1.16. The van der Waals surface area contributed by atoms with E-state index in [0.29, 0.717) is 5.69 Å². The van der Waals surface area contributed by atoms with Crippen LogP contribution in [0.1, 0.15) is 5.69 Å². The Morgan fingerprint density at radius 3 is 2.47 bits per heavy atom. The summed E-state index contributed by atoms with van der Waals surface area (Å²) in [5.74, 6) is 0. The number of nitrogens with zero attached hydrogens (tertiary/aromatic N) is 4. The van der Waals surface area contributed by atoms with E-state index in [1.807, 2.05) is 6.07 Å². The molecule has 0 aliphatic rings. The third-order valence-corrected chi connectivity index (χ3v) is 1.73. The third kappa shape index (κ3) is 2.25. The summed E-state index contributed by atoms with van der Waals surface area (Å²) in [7, 11) is 0. The molecule has 5 nitrogen and oxygen atoms in total. The average Bonchev–Trinajstić information content (AvgIpc) is 2.31. The smallest absolute Gasteiger partial charge is 0.140 e. The number of aromatic nitrogens is 3. The van der Waals surface area contributed by atoms with Crippen LogP contribution in [-0.2, 0) is 0 Å². The normalized spacial score (nSPS) is 9.27. The summed E-state index contributed by atoms with van der Waals surface area (Å²) in [6.07, 6.45) is 6.37. The quantitative estimate of drug-likeness (QED) is 0.789. The van der Waals surface area contributed by atoms with Crippen molar-refractivity contribution in [3.8, 4) is 6.07 Å². The highest BCUT2D eigenvalue weighted by atomic mass is 14.9. The fraction of sp³-hybridized carbons (Fsp3) is 0. The molecule has 0 atom stereocenters. The van der Waals surface area contributed by atoms with Gasteiger partial charge < -0.3 is 5.32 Å². The topological polar surface area (TPSA) is 74.5 Å². The Hall–Kier alpha value is -2.48. The van der Waals surface area contributed by atoms with Crippen molar-refractivity contribution in [3.05, 3.63) is 42.7 Å². The van der Waals surface area contributed by atoms with Crippen molar-refractivity contribution in [2.45, 2.75) is 0 Å². The molecule has 0 radical (unpaired) electrons. The Morgan fingerprint density at radius 1 is 1.07 bits per heavy atom. The summed E-state index contributed by atoms with van der Waals surface area (Å²) >= 11 is 0. The zero-order chi connectivity index (χ0) is 10.5. The number of pyridine rings is 1. The van der Waals surface area contributed by atoms with Crippen molar-refractivity contribution >= 4 is 11.4 Å². The van der Waals surface area contributed by atoms with E-state index in [1.54, 1.807) is 30.7 Å². The van der Waals surface area contributed by atoms with E-state index in [-0.39, 0.29) is 0 Å². The van der Waals surface area contributed by atoms with Gasteiger partial charge >= 0.3 is 0 Å². The maximum Gasteiger partial charge on any atom is 0.140 e. The van der Waals surface area contributed by atoms with Gasteiger partial charge in [-0.1, -0.05) is 0 Å². The Kier molecular flexibility index (Phi) is 2.52. The lowest BCUT2D eigenvalue weighted by Gasteiger charge is -2.03. The highest BCUT2D eigenvalue weighted by Gasteiger charge is 1.95. The molecule has 2 aromatic heterocycles. The van der Waals surface area contributed by atoms with Crippen molar-refractivity contribution in [3.63, 3.8) is 0 Å². The Balaban J connectivity index is 2.16. The van der Waals surface area contributed by atoms with E-state index in [4.69, 9.17) is 5.26 Å². The number of rotatable bonds is 2. The second kappa shape index (κ2) is 4.15. The van der Waals surface area contributed by atoms with Gasteiger partial charge in [-0.25, -0.2) is 15.0 Å². The fourth-order valence-electron chi connectivity index (χ4n) is 1.06. The van der Waals surface area contributed by atoms with Gasteiger partial charge in [-0.15, -0.1) is 0 Å². The predicted molar refractivity (Wildman–Crippen MR) is 54.3 cm³/mol. The van der Waals surface area contributed by atoms with Crippen molar-refractivity contribution in [2.75, 3.05) is 5.32 Å². The lowest BCUT2D eigenvalue weighted by atomic mass is 10.3. The molecule has 0 aromatic carbocycles. The van der Waals surface area contributed by atoms with E-state index in [1.165, 1.54) is 6.33 Å². The monoisotopic (exact) mass is 197 g/mol. The minimum Gasteiger partial charge on any atom is -0.352 e. The van der Waals surface area contributed by atoms with Crippen LogP contribution in [0.5, 0.6) is 0 Å². The van der Waals surface area contributed by atoms with Crippen LogP contribution >= 0.6 is 0 Å². The van der Waals surface area contributed by atoms with Crippen LogP contribution in [0.4, 0.5) is 11.4 Å². The first-order chi connectivity index (χ1) is 7.38.